The molecule has 0 saturated heterocycles. The molecule has 1 aromatic heterocycles. The zero-order valence-electron chi connectivity index (χ0n) is 18.5. The lowest BCUT2D eigenvalue weighted by atomic mass is 9.97. The number of amides is 2. The van der Waals surface area contributed by atoms with Gasteiger partial charge in [-0.1, -0.05) is 12.1 Å². The summed E-state index contributed by atoms with van der Waals surface area (Å²) in [7, 11) is 1.38. The Bertz CT molecular complexity index is 1360. The van der Waals surface area contributed by atoms with Crippen LogP contribution in [0.4, 0.5) is 28.0 Å². The molecule has 0 aliphatic carbocycles. The van der Waals surface area contributed by atoms with Crippen molar-refractivity contribution in [3.05, 3.63) is 76.5 Å². The monoisotopic (exact) mass is 509 g/mol. The van der Waals surface area contributed by atoms with E-state index in [0.29, 0.717) is 0 Å². The number of urea groups is 1. The first-order chi connectivity index (χ1) is 16.8. The molecule has 0 unspecified atom stereocenters. The van der Waals surface area contributed by atoms with E-state index in [4.69, 9.17) is 0 Å². The number of aryl methyl sites for hydroxylation is 1. The van der Waals surface area contributed by atoms with Gasteiger partial charge < -0.3 is 30.2 Å². The molecule has 0 fully saturated rings. The number of carboxylic acids is 1. The van der Waals surface area contributed by atoms with Crippen molar-refractivity contribution in [3.63, 3.8) is 0 Å². The lowest BCUT2D eigenvalue weighted by Crippen LogP contribution is -2.36. The van der Waals surface area contributed by atoms with E-state index in [-0.39, 0.29) is 16.7 Å². The molecule has 0 bridgehead atoms. The molecule has 2 aromatic carbocycles. The molecule has 0 radical (unpaired) electrons. The highest BCUT2D eigenvalue weighted by Crippen LogP contribution is 2.31. The molecule has 9 nitrogen and oxygen atoms in total. The summed E-state index contributed by atoms with van der Waals surface area (Å²) in [6.07, 6.45) is -4.38. The fourth-order valence-corrected chi connectivity index (χ4v) is 3.32. The van der Waals surface area contributed by atoms with Crippen LogP contribution in [0.3, 0.4) is 0 Å². The number of carbonyl (C=O) groups excluding carboxylic acids is 1. The van der Waals surface area contributed by atoms with Crippen molar-refractivity contribution < 1.29 is 42.1 Å². The quantitative estimate of drug-likeness (QED) is 0.355. The van der Waals surface area contributed by atoms with E-state index in [1.807, 2.05) is 0 Å². The van der Waals surface area contributed by atoms with Crippen molar-refractivity contribution in [1.29, 1.82) is 0 Å². The SMILES string of the molecule is Cn1ccc(O)c(NC(=O)N[C@@H](CC(=O)O)c2cc(F)cc(-c3cccc(OC(F)(F)F)c3)c2)c1=O. The summed E-state index contributed by atoms with van der Waals surface area (Å²) in [6.45, 7) is 0. The standard InChI is InChI=1S/C23H19F4N3O6/c1-30-6-5-18(31)20(21(30)34)29-22(35)28-17(11-19(32)33)14-7-13(8-15(24)9-14)12-3-2-4-16(10-12)36-23(25,26)27/h2-10,17,31H,11H2,1H3,(H,32,33)(H2,28,29,35)/t17-/m0/s1. The van der Waals surface area contributed by atoms with Gasteiger partial charge in [0, 0.05) is 13.2 Å². The van der Waals surface area contributed by atoms with E-state index in [1.54, 1.807) is 0 Å². The van der Waals surface area contributed by atoms with Crippen molar-refractivity contribution in [1.82, 2.24) is 9.88 Å². The predicted octanol–water partition coefficient (Wildman–Crippen LogP) is 4.13. The summed E-state index contributed by atoms with van der Waals surface area (Å²) >= 11 is 0. The lowest BCUT2D eigenvalue weighted by molar-refractivity contribution is -0.274. The smallest absolute Gasteiger partial charge is 0.505 e. The Morgan fingerprint density at radius 3 is 2.50 bits per heavy atom. The number of hydrogen-bond acceptors (Lipinski definition) is 5. The van der Waals surface area contributed by atoms with E-state index in [2.05, 4.69) is 15.4 Å². The highest BCUT2D eigenvalue weighted by Gasteiger charge is 2.31. The number of pyridine rings is 1. The number of hydrogen-bond donors (Lipinski definition) is 4. The van der Waals surface area contributed by atoms with Crippen LogP contribution in [0.15, 0.2) is 59.5 Å². The Hall–Kier alpha value is -4.55. The number of nitrogens with one attached hydrogen (secondary N) is 2. The molecule has 3 rings (SSSR count). The average Bonchev–Trinajstić information content (AvgIpc) is 2.77. The van der Waals surface area contributed by atoms with Crippen LogP contribution < -0.4 is 20.9 Å². The molecule has 4 N–H and O–H groups in total. The van der Waals surface area contributed by atoms with Gasteiger partial charge in [0.1, 0.15) is 17.3 Å². The molecule has 3 aromatic rings. The summed E-state index contributed by atoms with van der Waals surface area (Å²) in [5.74, 6) is -3.28. The largest absolute Gasteiger partial charge is 0.573 e. The van der Waals surface area contributed by atoms with E-state index >= 15 is 0 Å². The number of alkyl halides is 3. The Balaban J connectivity index is 1.92. The van der Waals surface area contributed by atoms with Gasteiger partial charge in [-0.2, -0.15) is 0 Å². The second-order valence-corrected chi connectivity index (χ2v) is 7.59. The highest BCUT2D eigenvalue weighted by atomic mass is 19.4. The van der Waals surface area contributed by atoms with Crippen LogP contribution in [0.25, 0.3) is 11.1 Å². The predicted molar refractivity (Wildman–Crippen MR) is 119 cm³/mol. The summed E-state index contributed by atoms with van der Waals surface area (Å²) < 4.78 is 57.1. The number of carbonyl (C=O) groups is 2. The van der Waals surface area contributed by atoms with Crippen LogP contribution in [-0.4, -0.2) is 33.1 Å². The van der Waals surface area contributed by atoms with Gasteiger partial charge in [0.15, 0.2) is 5.69 Å². The van der Waals surface area contributed by atoms with E-state index in [0.717, 1.165) is 34.9 Å². The van der Waals surface area contributed by atoms with Crippen LogP contribution in [0.5, 0.6) is 11.5 Å². The topological polar surface area (TPSA) is 130 Å². The Morgan fingerprint density at radius 2 is 1.83 bits per heavy atom. The minimum atomic E-state index is -4.94. The Morgan fingerprint density at radius 1 is 1.11 bits per heavy atom. The Labute approximate surface area is 200 Å². The van der Waals surface area contributed by atoms with Crippen molar-refractivity contribution in [2.75, 3.05) is 5.32 Å². The number of benzene rings is 2. The number of anilines is 1. The first-order valence-corrected chi connectivity index (χ1v) is 10.2. The molecule has 0 spiro atoms. The molecule has 0 aliphatic rings. The molecular formula is C23H19F4N3O6. The first kappa shape index (κ1) is 26.1. The minimum absolute atomic E-state index is 0.0186. The second kappa shape index (κ2) is 10.4. The third-order valence-electron chi connectivity index (χ3n) is 4.89. The maximum Gasteiger partial charge on any atom is 0.573 e. The fourth-order valence-electron chi connectivity index (χ4n) is 3.32. The van der Waals surface area contributed by atoms with E-state index in [9.17, 15) is 42.2 Å². The number of rotatable bonds is 7. The lowest BCUT2D eigenvalue weighted by Gasteiger charge is -2.19. The van der Waals surface area contributed by atoms with Gasteiger partial charge in [-0.3, -0.25) is 9.59 Å². The van der Waals surface area contributed by atoms with E-state index < -0.39 is 59.4 Å². The van der Waals surface area contributed by atoms with Crippen LogP contribution in [-0.2, 0) is 11.8 Å². The molecule has 1 heterocycles. The second-order valence-electron chi connectivity index (χ2n) is 7.59. The average molecular weight is 509 g/mol. The number of aromatic nitrogens is 1. The number of nitrogens with zero attached hydrogens (tertiary/aromatic N) is 1. The molecule has 36 heavy (non-hydrogen) atoms. The third kappa shape index (κ3) is 6.74. The molecule has 13 heteroatoms. The number of ether oxygens (including phenoxy) is 1. The molecule has 2 amide bonds. The van der Waals surface area contributed by atoms with Gasteiger partial charge in [0.05, 0.1) is 12.5 Å². The highest BCUT2D eigenvalue weighted by molar-refractivity contribution is 5.91. The number of aromatic hydroxyl groups is 1. The van der Waals surface area contributed by atoms with Crippen LogP contribution >= 0.6 is 0 Å². The van der Waals surface area contributed by atoms with E-state index in [1.165, 1.54) is 31.4 Å². The first-order valence-electron chi connectivity index (χ1n) is 10.2. The molecular weight excluding hydrogens is 490 g/mol. The third-order valence-corrected chi connectivity index (χ3v) is 4.89. The van der Waals surface area contributed by atoms with Crippen LogP contribution in [0.2, 0.25) is 0 Å². The zero-order valence-corrected chi connectivity index (χ0v) is 18.5. The minimum Gasteiger partial charge on any atom is -0.505 e. The summed E-state index contributed by atoms with van der Waals surface area (Å²) in [5.41, 5.74) is -1.00. The van der Waals surface area contributed by atoms with Crippen molar-refractivity contribution in [2.24, 2.45) is 7.05 Å². The fraction of sp³-hybridized carbons (Fsp3) is 0.174. The summed E-state index contributed by atoms with van der Waals surface area (Å²) in [6, 6.07) is 6.76. The number of aliphatic carboxylic acids is 1. The van der Waals surface area contributed by atoms with Crippen molar-refractivity contribution >= 4 is 17.7 Å². The van der Waals surface area contributed by atoms with Crippen LogP contribution in [0.1, 0.15) is 18.0 Å². The maximum atomic E-state index is 14.5. The molecule has 0 aliphatic heterocycles. The molecule has 1 atom stereocenters. The van der Waals surface area contributed by atoms with Gasteiger partial charge in [0.25, 0.3) is 5.56 Å². The van der Waals surface area contributed by atoms with Gasteiger partial charge >= 0.3 is 18.4 Å². The van der Waals surface area contributed by atoms with Gasteiger partial charge in [-0.05, 0) is 53.1 Å². The van der Waals surface area contributed by atoms with Gasteiger partial charge in [-0.15, -0.1) is 13.2 Å². The van der Waals surface area contributed by atoms with Gasteiger partial charge in [-0.25, -0.2) is 9.18 Å². The molecule has 190 valence electrons. The number of halogens is 4. The zero-order chi connectivity index (χ0) is 26.6. The Kier molecular flexibility index (Phi) is 7.51. The summed E-state index contributed by atoms with van der Waals surface area (Å²) in [5, 5.41) is 23.6. The maximum absolute atomic E-state index is 14.5. The van der Waals surface area contributed by atoms with Gasteiger partial charge in [0.2, 0.25) is 0 Å². The van der Waals surface area contributed by atoms with Crippen molar-refractivity contribution in [3.8, 4) is 22.6 Å². The van der Waals surface area contributed by atoms with Crippen molar-refractivity contribution in [2.45, 2.75) is 18.8 Å². The molecule has 0 saturated carbocycles. The normalized spacial score (nSPS) is 12.0. The number of carboxylic acid groups (broad SMARTS) is 1. The van der Waals surface area contributed by atoms with Crippen LogP contribution in [0, 0.1) is 5.82 Å². The summed E-state index contributed by atoms with van der Waals surface area (Å²) in [4.78, 5) is 36.1.